The predicted octanol–water partition coefficient (Wildman–Crippen LogP) is 2.92. The van der Waals surface area contributed by atoms with Crippen molar-refractivity contribution in [3.8, 4) is 0 Å². The van der Waals surface area contributed by atoms with Gasteiger partial charge in [0.05, 0.1) is 19.8 Å². The fraction of sp³-hybridized carbons (Fsp3) is 0.389. The van der Waals surface area contributed by atoms with Crippen molar-refractivity contribution in [1.82, 2.24) is 9.80 Å². The molecule has 0 bridgehead atoms. The van der Waals surface area contributed by atoms with E-state index in [1.807, 2.05) is 23.6 Å². The molecule has 1 aliphatic rings. The lowest BCUT2D eigenvalue weighted by atomic mass is 10.0. The van der Waals surface area contributed by atoms with Gasteiger partial charge in [0.1, 0.15) is 11.9 Å². The summed E-state index contributed by atoms with van der Waals surface area (Å²) in [6.45, 7) is 3.08. The quantitative estimate of drug-likeness (QED) is 0.833. The summed E-state index contributed by atoms with van der Waals surface area (Å²) in [6, 6.07) is 9.85. The lowest BCUT2D eigenvalue weighted by Gasteiger charge is -2.35. The Morgan fingerprint density at radius 3 is 2.79 bits per heavy atom. The van der Waals surface area contributed by atoms with E-state index in [0.717, 1.165) is 4.88 Å². The van der Waals surface area contributed by atoms with Crippen LogP contribution in [0.4, 0.5) is 4.39 Å². The molecule has 1 amide bonds. The van der Waals surface area contributed by atoms with Crippen LogP contribution in [-0.4, -0.2) is 49.1 Å². The third kappa shape index (κ3) is 4.01. The van der Waals surface area contributed by atoms with Crippen LogP contribution in [0.5, 0.6) is 0 Å². The smallest absolute Gasteiger partial charge is 0.244 e. The fourth-order valence-electron chi connectivity index (χ4n) is 2.94. The van der Waals surface area contributed by atoms with Gasteiger partial charge in [0.15, 0.2) is 0 Å². The van der Waals surface area contributed by atoms with Crippen LogP contribution in [0, 0.1) is 5.82 Å². The van der Waals surface area contributed by atoms with Gasteiger partial charge in [-0.1, -0.05) is 18.2 Å². The molecule has 1 fully saturated rings. The van der Waals surface area contributed by atoms with E-state index in [1.165, 1.54) is 12.1 Å². The molecule has 0 radical (unpaired) electrons. The summed E-state index contributed by atoms with van der Waals surface area (Å²) in [7, 11) is 1.80. The van der Waals surface area contributed by atoms with Crippen molar-refractivity contribution in [2.45, 2.75) is 12.6 Å². The summed E-state index contributed by atoms with van der Waals surface area (Å²) in [5, 5.41) is 2.00. The zero-order valence-electron chi connectivity index (χ0n) is 13.7. The Morgan fingerprint density at radius 1 is 1.33 bits per heavy atom. The van der Waals surface area contributed by atoms with E-state index in [-0.39, 0.29) is 11.7 Å². The first kappa shape index (κ1) is 17.1. The molecular formula is C18H21FN2O2S. The van der Waals surface area contributed by atoms with E-state index in [2.05, 4.69) is 4.90 Å². The third-order valence-electron chi connectivity index (χ3n) is 4.16. The van der Waals surface area contributed by atoms with E-state index in [4.69, 9.17) is 4.74 Å². The lowest BCUT2D eigenvalue weighted by molar-refractivity contribution is -0.138. The second-order valence-corrected chi connectivity index (χ2v) is 6.91. The van der Waals surface area contributed by atoms with Crippen molar-refractivity contribution in [2.24, 2.45) is 0 Å². The highest BCUT2D eigenvalue weighted by molar-refractivity contribution is 7.09. The molecule has 1 aromatic heterocycles. The number of hydrogen-bond donors (Lipinski definition) is 0. The molecule has 2 aromatic rings. The van der Waals surface area contributed by atoms with Gasteiger partial charge in [0.2, 0.25) is 5.91 Å². The minimum atomic E-state index is -0.477. The van der Waals surface area contributed by atoms with Gasteiger partial charge in [-0.25, -0.2) is 4.39 Å². The molecule has 0 spiro atoms. The van der Waals surface area contributed by atoms with Crippen molar-refractivity contribution < 1.29 is 13.9 Å². The molecule has 4 nitrogen and oxygen atoms in total. The van der Waals surface area contributed by atoms with Crippen LogP contribution in [0.1, 0.15) is 16.5 Å². The molecule has 0 N–H and O–H groups in total. The summed E-state index contributed by atoms with van der Waals surface area (Å²) >= 11 is 1.63. The minimum absolute atomic E-state index is 0.0177. The van der Waals surface area contributed by atoms with Crippen LogP contribution >= 0.6 is 11.3 Å². The van der Waals surface area contributed by atoms with Crippen LogP contribution in [0.3, 0.4) is 0 Å². The maximum absolute atomic E-state index is 13.7. The van der Waals surface area contributed by atoms with E-state index >= 15 is 0 Å². The number of ether oxygens (including phenoxy) is 1. The first-order chi connectivity index (χ1) is 11.6. The van der Waals surface area contributed by atoms with E-state index in [9.17, 15) is 9.18 Å². The summed E-state index contributed by atoms with van der Waals surface area (Å²) < 4.78 is 19.1. The number of likely N-dealkylation sites (N-methyl/N-ethyl adjacent to an activating group) is 1. The Balaban J connectivity index is 1.84. The van der Waals surface area contributed by atoms with Crippen LogP contribution in [0.25, 0.3) is 0 Å². The van der Waals surface area contributed by atoms with Gasteiger partial charge in [-0.15, -0.1) is 11.3 Å². The lowest BCUT2D eigenvalue weighted by Crippen LogP contribution is -2.46. The number of halogens is 1. The van der Waals surface area contributed by atoms with Gasteiger partial charge in [-0.05, 0) is 29.1 Å². The van der Waals surface area contributed by atoms with E-state index < -0.39 is 6.04 Å². The van der Waals surface area contributed by atoms with Crippen LogP contribution in [0.15, 0.2) is 41.8 Å². The number of carbonyl (C=O) groups excluding carboxylic acids is 1. The summed E-state index contributed by atoms with van der Waals surface area (Å²) in [5.41, 5.74) is 0.694. The van der Waals surface area contributed by atoms with Crippen molar-refractivity contribution in [3.63, 3.8) is 0 Å². The molecule has 0 aliphatic carbocycles. The normalized spacial score (nSPS) is 16.8. The monoisotopic (exact) mass is 348 g/mol. The number of benzene rings is 1. The van der Waals surface area contributed by atoms with Crippen LogP contribution < -0.4 is 0 Å². The third-order valence-corrected chi connectivity index (χ3v) is 5.02. The molecule has 2 heterocycles. The fourth-order valence-corrected chi connectivity index (χ4v) is 3.70. The second kappa shape index (κ2) is 7.88. The highest BCUT2D eigenvalue weighted by atomic mass is 32.1. The molecule has 24 heavy (non-hydrogen) atoms. The highest BCUT2D eigenvalue weighted by Gasteiger charge is 2.31. The van der Waals surface area contributed by atoms with Gasteiger partial charge >= 0.3 is 0 Å². The highest BCUT2D eigenvalue weighted by Crippen LogP contribution is 2.25. The zero-order chi connectivity index (χ0) is 16.9. The molecule has 3 rings (SSSR count). The molecule has 1 aliphatic heterocycles. The number of carbonyl (C=O) groups is 1. The molecule has 1 unspecified atom stereocenters. The average Bonchev–Trinajstić information content (AvgIpc) is 3.09. The molecular weight excluding hydrogens is 327 g/mol. The Hall–Kier alpha value is -1.76. The van der Waals surface area contributed by atoms with Crippen LogP contribution in [0.2, 0.25) is 0 Å². The average molecular weight is 348 g/mol. The summed E-state index contributed by atoms with van der Waals surface area (Å²) in [5.74, 6) is -0.338. The number of thiophene rings is 1. The van der Waals surface area contributed by atoms with Gasteiger partial charge < -0.3 is 9.64 Å². The first-order valence-electron chi connectivity index (χ1n) is 8.00. The molecule has 128 valence electrons. The predicted molar refractivity (Wildman–Crippen MR) is 92.3 cm³/mol. The molecule has 0 saturated carbocycles. The number of nitrogens with zero attached hydrogens (tertiary/aromatic N) is 2. The molecule has 1 aromatic carbocycles. The number of hydrogen-bond acceptors (Lipinski definition) is 4. The van der Waals surface area contributed by atoms with Crippen LogP contribution in [-0.2, 0) is 16.1 Å². The number of rotatable bonds is 5. The standard InChI is InChI=1S/C18H21FN2O2S/c1-20(13-16-6-3-11-24-16)18(22)17(21-7-9-23-10-8-21)14-4-2-5-15(19)12-14/h2-6,11-12,17H,7-10,13H2,1H3. The van der Waals surface area contributed by atoms with Gasteiger partial charge in [0, 0.05) is 25.0 Å². The van der Waals surface area contributed by atoms with E-state index in [0.29, 0.717) is 38.4 Å². The molecule has 6 heteroatoms. The number of morpholine rings is 1. The van der Waals surface area contributed by atoms with Gasteiger partial charge in [-0.3, -0.25) is 9.69 Å². The Morgan fingerprint density at radius 2 is 2.12 bits per heavy atom. The summed E-state index contributed by atoms with van der Waals surface area (Å²) in [4.78, 5) is 18.0. The molecule has 1 saturated heterocycles. The van der Waals surface area contributed by atoms with Gasteiger partial charge in [0.25, 0.3) is 0 Å². The second-order valence-electron chi connectivity index (χ2n) is 5.88. The van der Waals surface area contributed by atoms with Crippen molar-refractivity contribution in [2.75, 3.05) is 33.4 Å². The SMILES string of the molecule is CN(Cc1cccs1)C(=O)C(c1cccc(F)c1)N1CCOCC1. The van der Waals surface area contributed by atoms with Gasteiger partial charge in [-0.2, -0.15) is 0 Å². The minimum Gasteiger partial charge on any atom is -0.379 e. The molecule has 1 atom stereocenters. The van der Waals surface area contributed by atoms with Crippen molar-refractivity contribution in [1.29, 1.82) is 0 Å². The maximum atomic E-state index is 13.7. The zero-order valence-corrected chi connectivity index (χ0v) is 14.5. The largest absolute Gasteiger partial charge is 0.379 e. The number of amides is 1. The first-order valence-corrected chi connectivity index (χ1v) is 8.88. The Labute approximate surface area is 145 Å². The Kier molecular flexibility index (Phi) is 5.60. The van der Waals surface area contributed by atoms with E-state index in [1.54, 1.807) is 29.4 Å². The van der Waals surface area contributed by atoms with Crippen molar-refractivity contribution in [3.05, 3.63) is 58.0 Å². The summed E-state index contributed by atoms with van der Waals surface area (Å²) in [6.07, 6.45) is 0. The topological polar surface area (TPSA) is 32.8 Å². The maximum Gasteiger partial charge on any atom is 0.244 e. The Bertz CT molecular complexity index is 671. The van der Waals surface area contributed by atoms with Crippen molar-refractivity contribution >= 4 is 17.2 Å².